The van der Waals surface area contributed by atoms with E-state index >= 15 is 0 Å². The van der Waals surface area contributed by atoms with Crippen LogP contribution in [0.25, 0.3) is 11.0 Å². The van der Waals surface area contributed by atoms with Crippen LogP contribution < -0.4 is 15.4 Å². The van der Waals surface area contributed by atoms with Crippen LogP contribution in [0.1, 0.15) is 39.3 Å². The van der Waals surface area contributed by atoms with E-state index in [1.165, 1.54) is 20.3 Å². The number of aromatic nitrogens is 2. The van der Waals surface area contributed by atoms with E-state index in [1.807, 2.05) is 6.07 Å². The zero-order chi connectivity index (χ0) is 27.4. The summed E-state index contributed by atoms with van der Waals surface area (Å²) in [5, 5.41) is 6.63. The summed E-state index contributed by atoms with van der Waals surface area (Å²) in [4.78, 5) is 30.9. The van der Waals surface area contributed by atoms with Crippen molar-refractivity contribution in [3.05, 3.63) is 83.4 Å². The van der Waals surface area contributed by atoms with Gasteiger partial charge in [0.1, 0.15) is 17.2 Å². The topological polar surface area (TPSA) is 104 Å². The lowest BCUT2D eigenvalue weighted by molar-refractivity contribution is 0.0580. The van der Waals surface area contributed by atoms with Crippen LogP contribution in [0.4, 0.5) is 15.8 Å². The number of carbonyl (C=O) groups excluding carboxylic acids is 2. The molecule has 0 aliphatic carbocycles. The Kier molecular flexibility index (Phi) is 7.74. The van der Waals surface area contributed by atoms with E-state index in [9.17, 15) is 14.0 Å². The first-order valence-corrected chi connectivity index (χ1v) is 12.6. The summed E-state index contributed by atoms with van der Waals surface area (Å²) in [6, 6.07) is 15.0. The normalized spacial score (nSPS) is 14.8. The molecule has 2 aromatic heterocycles. The van der Waals surface area contributed by atoms with Gasteiger partial charge >= 0.3 is 5.97 Å². The van der Waals surface area contributed by atoms with Crippen molar-refractivity contribution in [3.8, 4) is 5.75 Å². The van der Waals surface area contributed by atoms with Gasteiger partial charge in [0, 0.05) is 29.7 Å². The quantitative estimate of drug-likeness (QED) is 0.292. The van der Waals surface area contributed by atoms with Crippen molar-refractivity contribution in [1.82, 2.24) is 9.55 Å². The smallest absolute Gasteiger partial charge is 0.356 e. The zero-order valence-corrected chi connectivity index (χ0v) is 21.7. The number of carbonyl (C=O) groups is 2. The van der Waals surface area contributed by atoms with Crippen molar-refractivity contribution in [2.75, 3.05) is 31.5 Å². The molecule has 1 atom stereocenters. The summed E-state index contributed by atoms with van der Waals surface area (Å²) in [5.41, 5.74) is 2.38. The van der Waals surface area contributed by atoms with Crippen LogP contribution in [0.5, 0.6) is 5.75 Å². The number of ether oxygens (including phenoxy) is 3. The van der Waals surface area contributed by atoms with Crippen LogP contribution in [0.2, 0.25) is 0 Å². The number of hydrogen-bond donors (Lipinski definition) is 2. The average Bonchev–Trinajstić information content (AvgIpc) is 3.59. The van der Waals surface area contributed by atoms with Crippen molar-refractivity contribution in [3.63, 3.8) is 0 Å². The molecule has 39 heavy (non-hydrogen) atoms. The third-order valence-corrected chi connectivity index (χ3v) is 6.70. The number of nitrogens with zero attached hydrogens (tertiary/aromatic N) is 2. The summed E-state index contributed by atoms with van der Waals surface area (Å²) in [6.45, 7) is 1.19. The maximum atomic E-state index is 14.4. The summed E-state index contributed by atoms with van der Waals surface area (Å²) in [7, 11) is 2.82. The van der Waals surface area contributed by atoms with Crippen molar-refractivity contribution in [2.45, 2.75) is 32.0 Å². The molecule has 0 bridgehead atoms. The average molecular weight is 533 g/mol. The van der Waals surface area contributed by atoms with E-state index in [1.54, 1.807) is 53.2 Å². The van der Waals surface area contributed by atoms with Gasteiger partial charge in [-0.05, 0) is 49.2 Å². The van der Waals surface area contributed by atoms with Crippen LogP contribution in [0, 0.1) is 5.82 Å². The summed E-state index contributed by atoms with van der Waals surface area (Å²) in [6.07, 6.45) is 3.28. The van der Waals surface area contributed by atoms with Crippen molar-refractivity contribution >= 4 is 34.3 Å². The fourth-order valence-electron chi connectivity index (χ4n) is 4.71. The predicted octanol–water partition coefficient (Wildman–Crippen LogP) is 5.01. The van der Waals surface area contributed by atoms with E-state index in [4.69, 9.17) is 14.2 Å². The maximum Gasteiger partial charge on any atom is 0.356 e. The molecule has 4 aromatic rings. The Hall–Kier alpha value is -4.44. The molecule has 0 saturated carbocycles. The van der Waals surface area contributed by atoms with Gasteiger partial charge in [0.15, 0.2) is 5.69 Å². The van der Waals surface area contributed by atoms with Crippen LogP contribution in [-0.2, 0) is 22.6 Å². The van der Waals surface area contributed by atoms with Gasteiger partial charge in [0.25, 0.3) is 5.91 Å². The molecule has 1 saturated heterocycles. The van der Waals surface area contributed by atoms with Gasteiger partial charge in [-0.3, -0.25) is 4.79 Å². The number of fused-ring (bicyclic) bond motifs is 1. The first-order valence-electron chi connectivity index (χ1n) is 12.6. The summed E-state index contributed by atoms with van der Waals surface area (Å²) in [5.74, 6) is -0.818. The maximum absolute atomic E-state index is 14.4. The van der Waals surface area contributed by atoms with E-state index in [0.717, 1.165) is 12.8 Å². The molecule has 0 radical (unpaired) electrons. The molecule has 202 valence electrons. The Bertz CT molecular complexity index is 1500. The van der Waals surface area contributed by atoms with Gasteiger partial charge < -0.3 is 29.4 Å². The molecule has 1 amide bonds. The number of benzene rings is 2. The van der Waals surface area contributed by atoms with E-state index in [2.05, 4.69) is 15.6 Å². The van der Waals surface area contributed by atoms with Crippen molar-refractivity contribution < 1.29 is 28.2 Å². The molecule has 0 spiro atoms. The highest BCUT2D eigenvalue weighted by atomic mass is 19.1. The molecule has 9 nitrogen and oxygen atoms in total. The van der Waals surface area contributed by atoms with Gasteiger partial charge in [-0.1, -0.05) is 18.2 Å². The molecule has 3 heterocycles. The van der Waals surface area contributed by atoms with Crippen LogP contribution in [-0.4, -0.2) is 48.4 Å². The number of hydrogen-bond acceptors (Lipinski definition) is 7. The highest BCUT2D eigenvalue weighted by molar-refractivity contribution is 6.14. The lowest BCUT2D eigenvalue weighted by Gasteiger charge is -2.14. The molecular formula is C29H29FN4O5. The number of rotatable bonds is 9. The van der Waals surface area contributed by atoms with Crippen molar-refractivity contribution in [1.29, 1.82) is 0 Å². The van der Waals surface area contributed by atoms with E-state index < -0.39 is 5.97 Å². The number of pyridine rings is 1. The number of anilines is 2. The standard InChI is InChI=1S/C29H29FN4O5/c1-37-21-10-11-24(30)19(13-21)15-31-20-14-23-25(33-28(35)18-7-4-3-5-8-18)26(29(36)38-2)34(27(23)32-16-20)17-22-9-6-12-39-22/h3-5,7-8,10-11,13-14,16,22,31H,6,9,12,15,17H2,1-2H3,(H,33,35). The minimum Gasteiger partial charge on any atom is -0.497 e. The van der Waals surface area contributed by atoms with E-state index in [-0.39, 0.29) is 35.8 Å². The van der Waals surface area contributed by atoms with Gasteiger partial charge in [-0.2, -0.15) is 0 Å². The van der Waals surface area contributed by atoms with Gasteiger partial charge in [-0.25, -0.2) is 14.2 Å². The van der Waals surface area contributed by atoms with Gasteiger partial charge in [0.2, 0.25) is 0 Å². The molecule has 2 N–H and O–H groups in total. The minimum absolute atomic E-state index is 0.0997. The van der Waals surface area contributed by atoms with Gasteiger partial charge in [-0.15, -0.1) is 0 Å². The number of nitrogens with one attached hydrogen (secondary N) is 2. The summed E-state index contributed by atoms with van der Waals surface area (Å²) >= 11 is 0. The monoisotopic (exact) mass is 532 g/mol. The Morgan fingerprint density at radius 2 is 1.97 bits per heavy atom. The largest absolute Gasteiger partial charge is 0.497 e. The Balaban J connectivity index is 1.56. The van der Waals surface area contributed by atoms with Crippen molar-refractivity contribution in [2.24, 2.45) is 0 Å². The van der Waals surface area contributed by atoms with E-state index in [0.29, 0.717) is 46.7 Å². The molecule has 5 rings (SSSR count). The molecule has 2 aromatic carbocycles. The minimum atomic E-state index is -0.609. The second kappa shape index (κ2) is 11.5. The van der Waals surface area contributed by atoms with Crippen LogP contribution >= 0.6 is 0 Å². The number of methoxy groups -OCH3 is 2. The second-order valence-corrected chi connectivity index (χ2v) is 9.19. The molecular weight excluding hydrogens is 503 g/mol. The highest BCUT2D eigenvalue weighted by Gasteiger charge is 2.29. The third kappa shape index (κ3) is 5.56. The number of esters is 1. The number of halogens is 1. The molecule has 10 heteroatoms. The Morgan fingerprint density at radius 3 is 2.69 bits per heavy atom. The fourth-order valence-corrected chi connectivity index (χ4v) is 4.71. The Morgan fingerprint density at radius 1 is 1.15 bits per heavy atom. The first-order chi connectivity index (χ1) is 19.0. The molecule has 1 fully saturated rings. The zero-order valence-electron chi connectivity index (χ0n) is 21.7. The summed E-state index contributed by atoms with van der Waals surface area (Å²) < 4.78 is 32.3. The SMILES string of the molecule is COC(=O)c1c(NC(=O)c2ccccc2)c2cc(NCc3cc(OC)ccc3F)cnc2n1CC1CCCO1. The second-order valence-electron chi connectivity index (χ2n) is 9.19. The first kappa shape index (κ1) is 26.2. The molecule has 1 aliphatic rings. The molecule has 1 aliphatic heterocycles. The fraction of sp³-hybridized carbons (Fsp3) is 0.276. The number of amides is 1. The predicted molar refractivity (Wildman–Crippen MR) is 145 cm³/mol. The van der Waals surface area contributed by atoms with Crippen LogP contribution in [0.15, 0.2) is 60.8 Å². The third-order valence-electron chi connectivity index (χ3n) is 6.70. The lowest BCUT2D eigenvalue weighted by Crippen LogP contribution is -2.21. The highest BCUT2D eigenvalue weighted by Crippen LogP contribution is 2.34. The lowest BCUT2D eigenvalue weighted by atomic mass is 10.2. The van der Waals surface area contributed by atoms with Gasteiger partial charge in [0.05, 0.1) is 44.4 Å². The van der Waals surface area contributed by atoms with Crippen LogP contribution in [0.3, 0.4) is 0 Å². The molecule has 1 unspecified atom stereocenters. The Labute approximate surface area is 224 Å².